The molecule has 60 heavy (non-hydrogen) atoms. The molecule has 0 saturated carbocycles. The average molecular weight is 889 g/mol. The Labute approximate surface area is 355 Å². The molecular formula is C33H56N14O11S2. The van der Waals surface area contributed by atoms with Gasteiger partial charge in [0.05, 0.1) is 31.9 Å². The van der Waals surface area contributed by atoms with Gasteiger partial charge < -0.3 is 75.3 Å². The van der Waals surface area contributed by atoms with Crippen LogP contribution in [0.1, 0.15) is 45.2 Å². The molecule has 0 fully saturated rings. The van der Waals surface area contributed by atoms with Crippen LogP contribution in [0.4, 0.5) is 0 Å². The molecule has 1 rings (SSSR count). The summed E-state index contributed by atoms with van der Waals surface area (Å²) in [4.78, 5) is 126. The summed E-state index contributed by atoms with van der Waals surface area (Å²) in [5, 5.41) is 35.2. The van der Waals surface area contributed by atoms with E-state index < -0.39 is 115 Å². The van der Waals surface area contributed by atoms with Crippen LogP contribution in [0.15, 0.2) is 17.5 Å². The number of aromatic nitrogens is 2. The number of aromatic amines is 1. The summed E-state index contributed by atoms with van der Waals surface area (Å²) in [7, 11) is 0. The van der Waals surface area contributed by atoms with E-state index in [9.17, 15) is 48.3 Å². The summed E-state index contributed by atoms with van der Waals surface area (Å²) in [5.41, 5.74) is 22.3. The summed E-state index contributed by atoms with van der Waals surface area (Å²) < 4.78 is 0. The van der Waals surface area contributed by atoms with Crippen LogP contribution in [0.3, 0.4) is 0 Å². The molecule has 0 aromatic carbocycles. The van der Waals surface area contributed by atoms with Crippen molar-refractivity contribution in [2.45, 2.75) is 88.2 Å². The first-order valence-corrected chi connectivity index (χ1v) is 19.7. The fraction of sp³-hybridized carbons (Fsp3) is 0.606. The van der Waals surface area contributed by atoms with Crippen LogP contribution >= 0.6 is 25.3 Å². The largest absolute Gasteiger partial charge is 0.480 e. The van der Waals surface area contributed by atoms with E-state index >= 15 is 0 Å². The zero-order valence-electron chi connectivity index (χ0n) is 33.0. The predicted octanol–water partition coefficient (Wildman–Crippen LogP) is -6.78. The molecule has 1 aromatic rings. The molecular weight excluding hydrogens is 833 g/mol. The van der Waals surface area contributed by atoms with Gasteiger partial charge in [-0.15, -0.1) is 0 Å². The van der Waals surface area contributed by atoms with Crippen LogP contribution in [-0.4, -0.2) is 153 Å². The minimum absolute atomic E-state index is 0.00450. The molecule has 7 atom stereocenters. The van der Waals surface area contributed by atoms with E-state index in [1.165, 1.54) is 12.5 Å². The van der Waals surface area contributed by atoms with Crippen LogP contribution < -0.4 is 60.2 Å². The van der Waals surface area contributed by atoms with Gasteiger partial charge in [0.1, 0.15) is 36.3 Å². The fourth-order valence-corrected chi connectivity index (χ4v) is 5.49. The summed E-state index contributed by atoms with van der Waals surface area (Å²) >= 11 is 7.84. The lowest BCUT2D eigenvalue weighted by atomic mass is 10.0. The van der Waals surface area contributed by atoms with Crippen molar-refractivity contribution in [3.05, 3.63) is 18.2 Å². The highest BCUT2D eigenvalue weighted by Gasteiger charge is 2.33. The smallest absolute Gasteiger partial charge is 0.327 e. The lowest BCUT2D eigenvalue weighted by molar-refractivity contribution is -0.142. The molecule has 8 amide bonds. The van der Waals surface area contributed by atoms with Crippen molar-refractivity contribution in [2.75, 3.05) is 31.2 Å². The van der Waals surface area contributed by atoms with E-state index in [1.807, 2.05) is 13.8 Å². The highest BCUT2D eigenvalue weighted by Crippen LogP contribution is 2.09. The molecule has 0 radical (unpaired) electrons. The molecule has 18 N–H and O–H groups in total. The number of carboxylic acid groups (broad SMARTS) is 1. The zero-order valence-corrected chi connectivity index (χ0v) is 34.8. The van der Waals surface area contributed by atoms with Crippen LogP contribution in [0.5, 0.6) is 0 Å². The Kier molecular flexibility index (Phi) is 23.7. The molecule has 0 saturated heterocycles. The maximum absolute atomic E-state index is 13.8. The van der Waals surface area contributed by atoms with Gasteiger partial charge in [-0.3, -0.25) is 43.3 Å². The van der Waals surface area contributed by atoms with E-state index in [-0.39, 0.29) is 55.6 Å². The third-order valence-electron chi connectivity index (χ3n) is 8.16. The van der Waals surface area contributed by atoms with E-state index in [0.717, 1.165) is 0 Å². The van der Waals surface area contributed by atoms with Crippen molar-refractivity contribution < 1.29 is 53.4 Å². The SMILES string of the molecule is CC(C)C[C@H](NC(=O)[C@@H](N)CS)C(=O)N[C@@H](Cc1cnc[nH]1)C(=O)N[C@@H](CCCN=C(N)N)C(=O)NCC(=O)N[C@@H](CC(N)=O)C(=O)N[C@@H](CO)C(=O)N[C@@H](CS)C(=O)O. The predicted molar refractivity (Wildman–Crippen MR) is 220 cm³/mol. The summed E-state index contributed by atoms with van der Waals surface area (Å²) in [6.07, 6.45) is 2.03. The van der Waals surface area contributed by atoms with Crippen LogP contribution in [0.25, 0.3) is 0 Å². The third-order valence-corrected chi connectivity index (χ3v) is 8.92. The maximum Gasteiger partial charge on any atom is 0.327 e. The van der Waals surface area contributed by atoms with E-state index in [2.05, 4.69) is 77.4 Å². The van der Waals surface area contributed by atoms with Gasteiger partial charge in [0.2, 0.25) is 47.3 Å². The van der Waals surface area contributed by atoms with Crippen molar-refractivity contribution in [1.29, 1.82) is 0 Å². The van der Waals surface area contributed by atoms with Crippen molar-refractivity contribution in [2.24, 2.45) is 33.8 Å². The molecule has 25 nitrogen and oxygen atoms in total. The Hall–Kier alpha value is -5.67. The lowest BCUT2D eigenvalue weighted by Gasteiger charge is -2.26. The van der Waals surface area contributed by atoms with Gasteiger partial charge in [-0.05, 0) is 25.2 Å². The highest BCUT2D eigenvalue weighted by atomic mass is 32.1. The number of guanidine groups is 1. The number of H-pyrrole nitrogens is 1. The van der Waals surface area contributed by atoms with Gasteiger partial charge >= 0.3 is 5.97 Å². The van der Waals surface area contributed by atoms with Crippen LogP contribution in [0, 0.1) is 5.92 Å². The number of aliphatic imine (C=N–C) groups is 1. The molecule has 336 valence electrons. The number of aliphatic hydroxyl groups excluding tert-OH is 1. The Bertz CT molecular complexity index is 1660. The van der Waals surface area contributed by atoms with Crippen molar-refractivity contribution >= 4 is 84.4 Å². The number of amides is 8. The number of aliphatic hydroxyl groups is 1. The Balaban J connectivity index is 3.24. The summed E-state index contributed by atoms with van der Waals surface area (Å²) in [6, 6.07) is -9.75. The van der Waals surface area contributed by atoms with Gasteiger partial charge in [-0.1, -0.05) is 13.8 Å². The number of carboxylic acids is 1. The molecule has 0 aliphatic rings. The second-order valence-corrected chi connectivity index (χ2v) is 14.4. The van der Waals surface area contributed by atoms with Crippen LogP contribution in [-0.2, 0) is 49.6 Å². The number of hydrogen-bond acceptors (Lipinski definition) is 15. The number of hydrogen-bond donors (Lipinski definition) is 16. The lowest BCUT2D eigenvalue weighted by Crippen LogP contribution is -2.59. The fourth-order valence-electron chi connectivity index (χ4n) is 5.08. The number of aliphatic carboxylic acids is 1. The molecule has 27 heteroatoms. The number of nitrogens with one attached hydrogen (secondary N) is 8. The van der Waals surface area contributed by atoms with E-state index in [4.69, 9.17) is 28.0 Å². The van der Waals surface area contributed by atoms with E-state index in [1.54, 1.807) is 0 Å². The maximum atomic E-state index is 13.8. The minimum atomic E-state index is -1.73. The van der Waals surface area contributed by atoms with Crippen molar-refractivity contribution in [1.82, 2.24) is 47.2 Å². The standard InChI is InChI=1S/C33H56N14O11S2/c1-15(2)6-19(44-26(51)17(34)12-59)28(53)45-20(7-16-9-38-14-41-16)29(54)43-18(4-3-5-39-33(36)37)27(52)40-10-25(50)42-21(8-24(35)49)30(55)46-22(11-48)31(56)47-23(13-60)32(57)58/h9,14-15,17-23,48,59-60H,3-8,10-13,34H2,1-2H3,(H2,35,49)(H,38,41)(H,40,52)(H,42,50)(H,43,54)(H,44,51)(H,45,53)(H,46,55)(H,47,56)(H,57,58)(H4,36,37,39)/t17-,18-,19-,20-,21-,22-,23-/m0/s1. The van der Waals surface area contributed by atoms with Gasteiger partial charge in [0.25, 0.3) is 0 Å². The first-order chi connectivity index (χ1) is 28.2. The number of carbonyl (C=O) groups is 9. The second kappa shape index (κ2) is 27.2. The highest BCUT2D eigenvalue weighted by molar-refractivity contribution is 7.80. The Morgan fingerprint density at radius 1 is 0.767 bits per heavy atom. The number of primary amides is 1. The average Bonchev–Trinajstić information content (AvgIpc) is 3.70. The number of nitrogens with zero attached hydrogens (tertiary/aromatic N) is 2. The number of thiol groups is 2. The second-order valence-electron chi connectivity index (χ2n) is 13.7. The first-order valence-electron chi connectivity index (χ1n) is 18.4. The molecule has 0 bridgehead atoms. The Morgan fingerprint density at radius 2 is 1.33 bits per heavy atom. The molecule has 0 unspecified atom stereocenters. The minimum Gasteiger partial charge on any atom is -0.480 e. The van der Waals surface area contributed by atoms with Crippen molar-refractivity contribution in [3.63, 3.8) is 0 Å². The Morgan fingerprint density at radius 3 is 1.87 bits per heavy atom. The van der Waals surface area contributed by atoms with Crippen LogP contribution in [0.2, 0.25) is 0 Å². The normalized spacial score (nSPS) is 14.4. The summed E-state index contributed by atoms with van der Waals surface area (Å²) in [5.74, 6) is -9.59. The van der Waals surface area contributed by atoms with Gasteiger partial charge in [-0.25, -0.2) is 9.78 Å². The quantitative estimate of drug-likeness (QED) is 0.0161. The number of rotatable bonds is 28. The zero-order chi connectivity index (χ0) is 45.5. The van der Waals surface area contributed by atoms with E-state index in [0.29, 0.717) is 5.69 Å². The van der Waals surface area contributed by atoms with Gasteiger partial charge in [0, 0.05) is 36.4 Å². The molecule has 0 spiro atoms. The molecule has 0 aliphatic heterocycles. The third kappa shape index (κ3) is 19.9. The molecule has 1 heterocycles. The first kappa shape index (κ1) is 52.3. The van der Waals surface area contributed by atoms with Gasteiger partial charge in [0.15, 0.2) is 5.96 Å². The van der Waals surface area contributed by atoms with Gasteiger partial charge in [-0.2, -0.15) is 25.3 Å². The molecule has 1 aromatic heterocycles. The van der Waals surface area contributed by atoms with Crippen molar-refractivity contribution in [3.8, 4) is 0 Å². The molecule has 0 aliphatic carbocycles. The summed E-state index contributed by atoms with van der Waals surface area (Å²) in [6.45, 7) is 1.83. The topological polar surface area (TPSA) is 423 Å². The monoisotopic (exact) mass is 888 g/mol. The number of carbonyl (C=O) groups excluding carboxylic acids is 8. The number of nitrogens with two attached hydrogens (primary N) is 4. The number of imidazole rings is 1.